The fourth-order valence-corrected chi connectivity index (χ4v) is 7.00. The van der Waals surface area contributed by atoms with Crippen LogP contribution in [0.1, 0.15) is 23.6 Å². The molecule has 48 heavy (non-hydrogen) atoms. The number of nitrogens with one attached hydrogen (secondary N) is 1. The molecule has 1 N–H and O–H groups in total. The zero-order valence-electron chi connectivity index (χ0n) is 26.4. The highest BCUT2D eigenvalue weighted by Crippen LogP contribution is 2.31. The van der Waals surface area contributed by atoms with E-state index < -0.39 is 49.9 Å². The third-order valence-electron chi connectivity index (χ3n) is 7.62. The lowest BCUT2D eigenvalue weighted by Gasteiger charge is -2.34. The van der Waals surface area contributed by atoms with Crippen molar-refractivity contribution in [2.45, 2.75) is 37.8 Å². The number of amides is 2. The van der Waals surface area contributed by atoms with Gasteiger partial charge in [0.15, 0.2) is 0 Å². The second kappa shape index (κ2) is 16.0. The van der Waals surface area contributed by atoms with Crippen molar-refractivity contribution in [3.8, 4) is 5.75 Å². The number of ether oxygens (including phenoxy) is 1. The first-order chi connectivity index (χ1) is 22.9. The van der Waals surface area contributed by atoms with Gasteiger partial charge in [-0.25, -0.2) is 8.42 Å². The normalized spacial score (nSPS) is 11.8. The first kappa shape index (κ1) is 36.2. The summed E-state index contributed by atoms with van der Waals surface area (Å²) >= 11 is 13.0. The van der Waals surface area contributed by atoms with E-state index in [-0.39, 0.29) is 40.8 Å². The zero-order chi connectivity index (χ0) is 35.0. The number of sulfonamides is 1. The molecule has 0 unspecified atom stereocenters. The molecule has 11 nitrogen and oxygen atoms in total. The molecule has 2 amide bonds. The molecule has 0 saturated heterocycles. The Hall–Kier alpha value is -4.65. The average Bonchev–Trinajstić information content (AvgIpc) is 3.06. The summed E-state index contributed by atoms with van der Waals surface area (Å²) in [5.74, 6) is -0.785. The maximum Gasteiger partial charge on any atom is 0.273 e. The SMILES string of the molecule is CCNC(=O)[C@@H](Cc1ccccc1)N(Cc1c(Cl)cccc1Cl)C(=O)CN(c1ccc(OC)cc1)S(=O)(=O)c1ccc(C)c([N+](=O)[O-])c1. The van der Waals surface area contributed by atoms with Crippen molar-refractivity contribution in [2.75, 3.05) is 24.5 Å². The number of nitro benzene ring substituents is 1. The van der Waals surface area contributed by atoms with Gasteiger partial charge in [-0.3, -0.25) is 24.0 Å². The molecular weight excluding hydrogens is 679 g/mol. The van der Waals surface area contributed by atoms with Crippen LogP contribution < -0.4 is 14.4 Å². The van der Waals surface area contributed by atoms with Crippen molar-refractivity contribution in [1.29, 1.82) is 0 Å². The Bertz CT molecular complexity index is 1870. The van der Waals surface area contributed by atoms with Gasteiger partial charge in [0.2, 0.25) is 11.8 Å². The Kier molecular flexibility index (Phi) is 12.0. The van der Waals surface area contributed by atoms with Gasteiger partial charge >= 0.3 is 0 Å². The van der Waals surface area contributed by atoms with Gasteiger partial charge in [0.05, 0.1) is 22.6 Å². The van der Waals surface area contributed by atoms with Crippen molar-refractivity contribution in [2.24, 2.45) is 0 Å². The summed E-state index contributed by atoms with van der Waals surface area (Å²) < 4.78 is 34.6. The first-order valence-corrected chi connectivity index (χ1v) is 17.0. The van der Waals surface area contributed by atoms with Crippen LogP contribution in [-0.4, -0.2) is 56.3 Å². The molecule has 0 bridgehead atoms. The fourth-order valence-electron chi connectivity index (χ4n) is 5.05. The number of nitrogens with zero attached hydrogens (tertiary/aromatic N) is 3. The van der Waals surface area contributed by atoms with Crippen molar-refractivity contribution in [1.82, 2.24) is 10.2 Å². The van der Waals surface area contributed by atoms with E-state index in [1.54, 1.807) is 37.3 Å². The maximum atomic E-state index is 14.5. The first-order valence-electron chi connectivity index (χ1n) is 14.8. The van der Waals surface area contributed by atoms with E-state index in [2.05, 4.69) is 5.32 Å². The number of aryl methyl sites for hydroxylation is 1. The summed E-state index contributed by atoms with van der Waals surface area (Å²) in [6.45, 7) is 2.51. The Morgan fingerprint density at radius 2 is 1.60 bits per heavy atom. The topological polar surface area (TPSA) is 139 Å². The lowest BCUT2D eigenvalue weighted by Crippen LogP contribution is -2.53. The standard InChI is InChI=1S/C34H34Cl2N4O7S/c1-4-37-34(42)32(19-24-9-6-5-7-10-24)38(21-28-29(35)11-8-12-30(28)36)33(41)22-39(25-14-16-26(47-3)17-15-25)48(45,46)27-18-13-23(2)31(20-27)40(43)44/h5-18,20,32H,4,19,21-22H2,1-3H3,(H,37,42)/t32-/m1/s1. The number of benzene rings is 4. The van der Waals surface area contributed by atoms with E-state index >= 15 is 0 Å². The van der Waals surface area contributed by atoms with E-state index in [0.29, 0.717) is 11.3 Å². The molecule has 0 radical (unpaired) electrons. The summed E-state index contributed by atoms with van der Waals surface area (Å²) in [6.07, 6.45) is 0.0972. The second-order valence-corrected chi connectivity index (χ2v) is 13.4. The van der Waals surface area contributed by atoms with Gasteiger partial charge < -0.3 is 15.0 Å². The third-order valence-corrected chi connectivity index (χ3v) is 10.1. The Morgan fingerprint density at radius 3 is 2.19 bits per heavy atom. The third kappa shape index (κ3) is 8.43. The van der Waals surface area contributed by atoms with Gasteiger partial charge in [0.25, 0.3) is 15.7 Å². The average molecular weight is 714 g/mol. The largest absolute Gasteiger partial charge is 0.497 e. The van der Waals surface area contributed by atoms with Crippen LogP contribution in [-0.2, 0) is 32.6 Å². The molecule has 1 atom stereocenters. The number of likely N-dealkylation sites (N-methyl/N-ethyl adjacent to an activating group) is 1. The molecule has 0 aliphatic rings. The monoisotopic (exact) mass is 712 g/mol. The summed E-state index contributed by atoms with van der Waals surface area (Å²) in [7, 11) is -3.14. The van der Waals surface area contributed by atoms with Crippen molar-refractivity contribution < 1.29 is 27.7 Å². The highest BCUT2D eigenvalue weighted by molar-refractivity contribution is 7.92. The van der Waals surface area contributed by atoms with Gasteiger partial charge in [-0.1, -0.05) is 65.7 Å². The molecular formula is C34H34Cl2N4O7S. The number of hydrogen-bond donors (Lipinski definition) is 1. The highest BCUT2D eigenvalue weighted by atomic mass is 35.5. The molecule has 4 aromatic rings. The Balaban J connectivity index is 1.86. The predicted molar refractivity (Wildman–Crippen MR) is 185 cm³/mol. The number of anilines is 1. The van der Waals surface area contributed by atoms with E-state index in [4.69, 9.17) is 27.9 Å². The summed E-state index contributed by atoms with van der Waals surface area (Å²) in [5.41, 5.74) is 1.07. The molecule has 0 fully saturated rings. The zero-order valence-corrected chi connectivity index (χ0v) is 28.8. The van der Waals surface area contributed by atoms with Gasteiger partial charge in [-0.15, -0.1) is 0 Å². The van der Waals surface area contributed by atoms with Crippen LogP contribution >= 0.6 is 23.2 Å². The molecule has 252 valence electrons. The molecule has 0 heterocycles. The molecule has 0 saturated carbocycles. The number of carbonyl (C=O) groups is 2. The van der Waals surface area contributed by atoms with Crippen LogP contribution in [0.5, 0.6) is 5.75 Å². The lowest BCUT2D eigenvalue weighted by atomic mass is 10.0. The molecule has 0 spiro atoms. The predicted octanol–water partition coefficient (Wildman–Crippen LogP) is 6.19. The fraction of sp³-hybridized carbons (Fsp3) is 0.235. The summed E-state index contributed by atoms with van der Waals surface area (Å²) in [4.78, 5) is 40.1. The minimum absolute atomic E-state index is 0.0840. The lowest BCUT2D eigenvalue weighted by molar-refractivity contribution is -0.385. The summed E-state index contributed by atoms with van der Waals surface area (Å²) in [5, 5.41) is 15.0. The van der Waals surface area contributed by atoms with E-state index in [1.165, 1.54) is 55.3 Å². The van der Waals surface area contributed by atoms with Crippen molar-refractivity contribution in [3.05, 3.63) is 128 Å². The van der Waals surface area contributed by atoms with Gasteiger partial charge in [-0.2, -0.15) is 0 Å². The van der Waals surface area contributed by atoms with Crippen LogP contribution in [0.2, 0.25) is 10.0 Å². The van der Waals surface area contributed by atoms with E-state index in [9.17, 15) is 28.1 Å². The van der Waals surface area contributed by atoms with E-state index in [0.717, 1.165) is 15.9 Å². The number of carbonyl (C=O) groups excluding carboxylic acids is 2. The maximum absolute atomic E-state index is 14.5. The van der Waals surface area contributed by atoms with Crippen molar-refractivity contribution >= 4 is 56.4 Å². The number of rotatable bonds is 14. The summed E-state index contributed by atoms with van der Waals surface area (Å²) in [6, 6.07) is 22.3. The van der Waals surface area contributed by atoms with E-state index in [1.807, 2.05) is 18.2 Å². The van der Waals surface area contributed by atoms with Crippen LogP contribution in [0.15, 0.2) is 95.9 Å². The Labute approximate surface area is 289 Å². The second-order valence-electron chi connectivity index (χ2n) is 10.7. The van der Waals surface area contributed by atoms with Crippen LogP contribution in [0, 0.1) is 17.0 Å². The van der Waals surface area contributed by atoms with Gasteiger partial charge in [-0.05, 0) is 61.9 Å². The van der Waals surface area contributed by atoms with Gasteiger partial charge in [0.1, 0.15) is 18.3 Å². The van der Waals surface area contributed by atoms with Crippen LogP contribution in [0.3, 0.4) is 0 Å². The van der Waals surface area contributed by atoms with Gasteiger partial charge in [0, 0.05) is 46.7 Å². The van der Waals surface area contributed by atoms with Crippen LogP contribution in [0.25, 0.3) is 0 Å². The number of hydrogen-bond acceptors (Lipinski definition) is 7. The molecule has 14 heteroatoms. The minimum atomic E-state index is -4.59. The smallest absolute Gasteiger partial charge is 0.273 e. The Morgan fingerprint density at radius 1 is 0.958 bits per heavy atom. The van der Waals surface area contributed by atoms with Crippen molar-refractivity contribution in [3.63, 3.8) is 0 Å². The number of nitro groups is 1. The number of methoxy groups -OCH3 is 1. The number of halogens is 2. The molecule has 4 aromatic carbocycles. The molecule has 0 aliphatic heterocycles. The minimum Gasteiger partial charge on any atom is -0.497 e. The molecule has 0 aliphatic carbocycles. The molecule has 0 aromatic heterocycles. The quantitative estimate of drug-likeness (QED) is 0.122. The van der Waals surface area contributed by atoms with Crippen LogP contribution in [0.4, 0.5) is 11.4 Å². The molecule has 4 rings (SSSR count). The highest BCUT2D eigenvalue weighted by Gasteiger charge is 2.35.